The molecule has 1 aliphatic rings. The third kappa shape index (κ3) is 2.91. The van der Waals surface area contributed by atoms with Gasteiger partial charge in [-0.25, -0.2) is 9.78 Å². The molecule has 1 saturated carbocycles. The Morgan fingerprint density at radius 3 is 2.70 bits per heavy atom. The smallest absolute Gasteiger partial charge is 0.321 e. The van der Waals surface area contributed by atoms with E-state index in [0.29, 0.717) is 11.2 Å². The number of nitrogens with zero attached hydrogens (tertiary/aromatic N) is 1. The number of nitrogens with two attached hydrogens (primary N) is 1. The molecule has 4 N–H and O–H groups in total. The first-order chi connectivity index (χ1) is 9.70. The van der Waals surface area contributed by atoms with Crippen LogP contribution < -0.4 is 16.4 Å². The summed E-state index contributed by atoms with van der Waals surface area (Å²) in [5, 5.41) is 8.22. The molecule has 1 aromatic carbocycles. The number of anilines is 2. The zero-order chi connectivity index (χ0) is 13.9. The van der Waals surface area contributed by atoms with Crippen LogP contribution >= 0.6 is 11.3 Å². The molecule has 3 rings (SSSR count). The molecule has 20 heavy (non-hydrogen) atoms. The summed E-state index contributed by atoms with van der Waals surface area (Å²) in [7, 11) is 0. The summed E-state index contributed by atoms with van der Waals surface area (Å²) in [4.78, 5) is 16.1. The molecular formula is C14H16N4OS. The summed E-state index contributed by atoms with van der Waals surface area (Å²) < 4.78 is 0. The van der Waals surface area contributed by atoms with E-state index in [1.807, 2.05) is 29.6 Å². The molecule has 2 amide bonds. The van der Waals surface area contributed by atoms with Gasteiger partial charge in [0.25, 0.3) is 0 Å². The van der Waals surface area contributed by atoms with E-state index in [1.165, 1.54) is 17.8 Å². The first-order valence-corrected chi connectivity index (χ1v) is 7.47. The van der Waals surface area contributed by atoms with Crippen LogP contribution in [0.5, 0.6) is 0 Å². The number of nitrogens with one attached hydrogen (secondary N) is 2. The van der Waals surface area contributed by atoms with Gasteiger partial charge in [-0.15, -0.1) is 11.3 Å². The van der Waals surface area contributed by atoms with Gasteiger partial charge in [0.15, 0.2) is 5.13 Å². The average molecular weight is 288 g/mol. The Labute approximate surface area is 121 Å². The fraction of sp³-hybridized carbons (Fsp3) is 0.286. The number of benzene rings is 1. The van der Waals surface area contributed by atoms with E-state index >= 15 is 0 Å². The molecule has 5 nitrogen and oxygen atoms in total. The first kappa shape index (κ1) is 12.9. The highest BCUT2D eigenvalue weighted by Crippen LogP contribution is 2.25. The zero-order valence-corrected chi connectivity index (χ0v) is 11.7. The number of aromatic nitrogens is 1. The molecule has 1 heterocycles. The van der Waals surface area contributed by atoms with Gasteiger partial charge in [-0.1, -0.05) is 12.1 Å². The lowest BCUT2D eigenvalue weighted by atomic mass is 9.93. The van der Waals surface area contributed by atoms with Crippen molar-refractivity contribution in [1.82, 2.24) is 10.3 Å². The number of carbonyl (C=O) groups excluding carboxylic acids is 1. The molecule has 0 radical (unpaired) electrons. The van der Waals surface area contributed by atoms with Gasteiger partial charge >= 0.3 is 6.03 Å². The van der Waals surface area contributed by atoms with Crippen molar-refractivity contribution in [3.8, 4) is 11.3 Å². The van der Waals surface area contributed by atoms with Crippen LogP contribution in [0.25, 0.3) is 11.3 Å². The molecule has 104 valence electrons. The maximum Gasteiger partial charge on any atom is 0.321 e. The first-order valence-electron chi connectivity index (χ1n) is 6.60. The highest BCUT2D eigenvalue weighted by Gasteiger charge is 2.19. The Kier molecular flexibility index (Phi) is 3.56. The van der Waals surface area contributed by atoms with E-state index in [-0.39, 0.29) is 6.03 Å². The Bertz CT molecular complexity index is 604. The van der Waals surface area contributed by atoms with Crippen molar-refractivity contribution in [3.63, 3.8) is 0 Å². The van der Waals surface area contributed by atoms with Crippen LogP contribution in [0.4, 0.5) is 15.6 Å². The molecule has 1 aromatic heterocycles. The number of urea groups is 1. The van der Waals surface area contributed by atoms with Gasteiger partial charge in [0.1, 0.15) is 0 Å². The largest absolute Gasteiger partial charge is 0.399 e. The third-order valence-corrected chi connectivity index (χ3v) is 4.13. The molecule has 2 aromatic rings. The van der Waals surface area contributed by atoms with E-state index in [1.54, 1.807) is 0 Å². The number of carbonyl (C=O) groups is 1. The number of hydrogen-bond donors (Lipinski definition) is 3. The van der Waals surface area contributed by atoms with Gasteiger partial charge in [-0.3, -0.25) is 5.32 Å². The summed E-state index contributed by atoms with van der Waals surface area (Å²) in [6.45, 7) is 0. The van der Waals surface area contributed by atoms with E-state index in [9.17, 15) is 4.79 Å². The van der Waals surface area contributed by atoms with Crippen molar-refractivity contribution < 1.29 is 4.79 Å². The summed E-state index contributed by atoms with van der Waals surface area (Å²) in [5.74, 6) is 0. The fourth-order valence-electron chi connectivity index (χ4n) is 1.99. The van der Waals surface area contributed by atoms with Crippen LogP contribution in [-0.4, -0.2) is 17.1 Å². The standard InChI is InChI=1S/C14H16N4OS/c15-10-6-4-9(5-7-10)12-8-20-14(17-12)18-13(19)16-11-2-1-3-11/h4-8,11H,1-3,15H2,(H2,16,17,18,19). The predicted octanol–water partition coefficient (Wildman–Crippen LogP) is 3.07. The number of thiazole rings is 1. The second-order valence-corrected chi connectivity index (χ2v) is 5.74. The summed E-state index contributed by atoms with van der Waals surface area (Å²) in [5.41, 5.74) is 8.21. The van der Waals surface area contributed by atoms with Gasteiger partial charge in [0.2, 0.25) is 0 Å². The molecule has 1 aliphatic carbocycles. The van der Waals surface area contributed by atoms with Crippen molar-refractivity contribution >= 4 is 28.2 Å². The highest BCUT2D eigenvalue weighted by molar-refractivity contribution is 7.14. The van der Waals surface area contributed by atoms with Gasteiger partial charge in [0, 0.05) is 22.7 Å². The quantitative estimate of drug-likeness (QED) is 0.759. The Hall–Kier alpha value is -2.08. The molecule has 0 saturated heterocycles. The van der Waals surface area contributed by atoms with Crippen LogP contribution in [0.2, 0.25) is 0 Å². The Morgan fingerprint density at radius 1 is 1.30 bits per heavy atom. The monoisotopic (exact) mass is 288 g/mol. The van der Waals surface area contributed by atoms with Gasteiger partial charge in [-0.05, 0) is 31.4 Å². The van der Waals surface area contributed by atoms with Gasteiger partial charge in [-0.2, -0.15) is 0 Å². The molecule has 0 unspecified atom stereocenters. The third-order valence-electron chi connectivity index (χ3n) is 3.37. The zero-order valence-electron chi connectivity index (χ0n) is 10.9. The fourth-order valence-corrected chi connectivity index (χ4v) is 2.70. The Morgan fingerprint density at radius 2 is 2.05 bits per heavy atom. The summed E-state index contributed by atoms with van der Waals surface area (Å²) >= 11 is 1.42. The summed E-state index contributed by atoms with van der Waals surface area (Å²) in [6.07, 6.45) is 3.34. The normalized spacial score (nSPS) is 14.6. The Balaban J connectivity index is 1.64. The lowest BCUT2D eigenvalue weighted by molar-refractivity contribution is 0.240. The van der Waals surface area contributed by atoms with Crippen molar-refractivity contribution in [2.24, 2.45) is 0 Å². The van der Waals surface area contributed by atoms with Crippen molar-refractivity contribution in [3.05, 3.63) is 29.6 Å². The van der Waals surface area contributed by atoms with Gasteiger partial charge < -0.3 is 11.1 Å². The van der Waals surface area contributed by atoms with Crippen LogP contribution in [0.3, 0.4) is 0 Å². The topological polar surface area (TPSA) is 80.0 Å². The van der Waals surface area contributed by atoms with Gasteiger partial charge in [0.05, 0.1) is 5.69 Å². The average Bonchev–Trinajstić information content (AvgIpc) is 2.83. The maximum atomic E-state index is 11.7. The molecule has 0 bridgehead atoms. The van der Waals surface area contributed by atoms with E-state index in [0.717, 1.165) is 29.8 Å². The van der Waals surface area contributed by atoms with Crippen molar-refractivity contribution in [2.45, 2.75) is 25.3 Å². The number of hydrogen-bond acceptors (Lipinski definition) is 4. The van der Waals surface area contributed by atoms with Crippen LogP contribution in [-0.2, 0) is 0 Å². The van der Waals surface area contributed by atoms with E-state index in [2.05, 4.69) is 15.6 Å². The van der Waals surface area contributed by atoms with Crippen molar-refractivity contribution in [2.75, 3.05) is 11.1 Å². The molecule has 0 atom stereocenters. The maximum absolute atomic E-state index is 11.7. The van der Waals surface area contributed by atoms with Crippen LogP contribution in [0.1, 0.15) is 19.3 Å². The molecule has 1 fully saturated rings. The second-order valence-electron chi connectivity index (χ2n) is 4.89. The predicted molar refractivity (Wildman–Crippen MR) is 81.8 cm³/mol. The van der Waals surface area contributed by atoms with E-state index in [4.69, 9.17) is 5.73 Å². The number of amides is 2. The van der Waals surface area contributed by atoms with Crippen LogP contribution in [0, 0.1) is 0 Å². The minimum atomic E-state index is -0.173. The molecular weight excluding hydrogens is 272 g/mol. The minimum absolute atomic E-state index is 0.173. The SMILES string of the molecule is Nc1ccc(-c2csc(NC(=O)NC3CCC3)n2)cc1. The second kappa shape index (κ2) is 5.50. The molecule has 0 aliphatic heterocycles. The lowest BCUT2D eigenvalue weighted by Crippen LogP contribution is -2.41. The number of nitrogen functional groups attached to an aromatic ring is 1. The summed E-state index contributed by atoms with van der Waals surface area (Å²) in [6, 6.07) is 7.67. The number of rotatable bonds is 3. The van der Waals surface area contributed by atoms with E-state index < -0.39 is 0 Å². The highest BCUT2D eigenvalue weighted by atomic mass is 32.1. The lowest BCUT2D eigenvalue weighted by Gasteiger charge is -2.26. The van der Waals surface area contributed by atoms with Crippen molar-refractivity contribution in [1.29, 1.82) is 0 Å². The minimum Gasteiger partial charge on any atom is -0.399 e. The molecule has 0 spiro atoms. The van der Waals surface area contributed by atoms with Crippen LogP contribution in [0.15, 0.2) is 29.6 Å². The molecule has 6 heteroatoms.